The molecule has 0 bridgehead atoms. The number of amides is 2. The number of anilines is 1. The second-order valence-electron chi connectivity index (χ2n) is 5.90. The fraction of sp³-hybridized carbons (Fsp3) is 0.222. The van der Waals surface area contributed by atoms with Crippen LogP contribution in [0, 0.1) is 13.8 Å². The molecule has 7 nitrogen and oxygen atoms in total. The summed E-state index contributed by atoms with van der Waals surface area (Å²) in [6.45, 7) is 4.04. The maximum absolute atomic E-state index is 12.0. The Labute approximate surface area is 152 Å². The highest BCUT2D eigenvalue weighted by Crippen LogP contribution is 2.17. The third kappa shape index (κ3) is 5.14. The minimum atomic E-state index is -3.72. The van der Waals surface area contributed by atoms with Gasteiger partial charge in [0.15, 0.2) is 0 Å². The van der Waals surface area contributed by atoms with Crippen molar-refractivity contribution in [3.05, 3.63) is 59.2 Å². The number of primary sulfonamides is 1. The molecule has 0 aliphatic rings. The van der Waals surface area contributed by atoms with Crippen LogP contribution in [0.1, 0.15) is 16.7 Å². The van der Waals surface area contributed by atoms with Crippen molar-refractivity contribution in [2.24, 2.45) is 5.14 Å². The number of hydrogen-bond acceptors (Lipinski definition) is 4. The average molecular weight is 375 g/mol. The number of rotatable bonds is 5. The van der Waals surface area contributed by atoms with E-state index >= 15 is 0 Å². The first kappa shape index (κ1) is 19.6. The molecule has 0 unspecified atom stereocenters. The van der Waals surface area contributed by atoms with E-state index in [9.17, 15) is 18.0 Å². The first-order valence-corrected chi connectivity index (χ1v) is 9.50. The smallest absolute Gasteiger partial charge is 0.313 e. The predicted octanol–water partition coefficient (Wildman–Crippen LogP) is 1.25. The van der Waals surface area contributed by atoms with Gasteiger partial charge in [-0.15, -0.1) is 0 Å². The molecule has 0 atom stereocenters. The minimum absolute atomic E-state index is 0.0261. The Kier molecular flexibility index (Phi) is 6.12. The molecular weight excluding hydrogens is 354 g/mol. The molecule has 0 saturated heterocycles. The average Bonchev–Trinajstić information content (AvgIpc) is 2.58. The fourth-order valence-electron chi connectivity index (χ4n) is 2.31. The molecule has 0 saturated carbocycles. The van der Waals surface area contributed by atoms with Gasteiger partial charge in [0.25, 0.3) is 0 Å². The van der Waals surface area contributed by atoms with E-state index in [0.717, 1.165) is 16.7 Å². The highest BCUT2D eigenvalue weighted by molar-refractivity contribution is 7.89. The summed E-state index contributed by atoms with van der Waals surface area (Å²) < 4.78 is 22.4. The first-order chi connectivity index (χ1) is 12.2. The minimum Gasteiger partial charge on any atom is -0.347 e. The lowest BCUT2D eigenvalue weighted by Crippen LogP contribution is -2.36. The highest BCUT2D eigenvalue weighted by atomic mass is 32.2. The molecule has 0 spiro atoms. The van der Waals surface area contributed by atoms with E-state index in [4.69, 9.17) is 5.14 Å². The molecule has 0 radical (unpaired) electrons. The molecular formula is C18H21N3O4S. The monoisotopic (exact) mass is 375 g/mol. The van der Waals surface area contributed by atoms with Crippen LogP contribution in [0.15, 0.2) is 47.4 Å². The van der Waals surface area contributed by atoms with E-state index in [1.54, 1.807) is 24.3 Å². The number of hydrogen-bond donors (Lipinski definition) is 3. The van der Waals surface area contributed by atoms with Crippen LogP contribution in [0.25, 0.3) is 0 Å². The van der Waals surface area contributed by atoms with Crippen LogP contribution in [0.5, 0.6) is 0 Å². The predicted molar refractivity (Wildman–Crippen MR) is 99.1 cm³/mol. The van der Waals surface area contributed by atoms with Crippen molar-refractivity contribution >= 4 is 27.5 Å². The van der Waals surface area contributed by atoms with Gasteiger partial charge in [0, 0.05) is 12.2 Å². The van der Waals surface area contributed by atoms with Gasteiger partial charge in [0.2, 0.25) is 10.0 Å². The van der Waals surface area contributed by atoms with Crippen molar-refractivity contribution in [3.8, 4) is 0 Å². The Morgan fingerprint density at radius 3 is 2.27 bits per heavy atom. The molecule has 4 N–H and O–H groups in total. The molecule has 2 amide bonds. The Balaban J connectivity index is 1.86. The zero-order valence-corrected chi connectivity index (χ0v) is 15.4. The summed E-state index contributed by atoms with van der Waals surface area (Å²) in [5.74, 6) is -1.46. The van der Waals surface area contributed by atoms with Crippen LogP contribution < -0.4 is 15.8 Å². The molecule has 8 heteroatoms. The number of carbonyl (C=O) groups excluding carboxylic acids is 2. The van der Waals surface area contributed by atoms with Gasteiger partial charge in [-0.3, -0.25) is 9.59 Å². The van der Waals surface area contributed by atoms with Crippen LogP contribution in [0.3, 0.4) is 0 Å². The molecule has 2 rings (SSSR count). The lowest BCUT2D eigenvalue weighted by atomic mass is 10.1. The lowest BCUT2D eigenvalue weighted by molar-refractivity contribution is -0.136. The molecule has 2 aromatic rings. The number of carbonyl (C=O) groups is 2. The number of sulfonamides is 1. The molecule has 138 valence electrons. The van der Waals surface area contributed by atoms with Gasteiger partial charge in [-0.25, -0.2) is 13.6 Å². The Hall–Kier alpha value is -2.71. The molecule has 26 heavy (non-hydrogen) atoms. The van der Waals surface area contributed by atoms with Gasteiger partial charge >= 0.3 is 11.8 Å². The SMILES string of the molecule is Cc1cccc(NC(=O)C(=O)NCCc2ccc(S(N)(=O)=O)cc2)c1C. The van der Waals surface area contributed by atoms with Crippen LogP contribution in [0.4, 0.5) is 5.69 Å². The van der Waals surface area contributed by atoms with E-state index in [1.165, 1.54) is 12.1 Å². The van der Waals surface area contributed by atoms with E-state index in [0.29, 0.717) is 12.1 Å². The number of benzene rings is 2. The largest absolute Gasteiger partial charge is 0.347 e. The van der Waals surface area contributed by atoms with Crippen LogP contribution in [-0.4, -0.2) is 26.8 Å². The van der Waals surface area contributed by atoms with Gasteiger partial charge in [-0.1, -0.05) is 24.3 Å². The van der Waals surface area contributed by atoms with E-state index in [2.05, 4.69) is 10.6 Å². The Morgan fingerprint density at radius 1 is 1.00 bits per heavy atom. The third-order valence-corrected chi connectivity index (χ3v) is 4.94. The van der Waals surface area contributed by atoms with Crippen molar-refractivity contribution in [3.63, 3.8) is 0 Å². The van der Waals surface area contributed by atoms with E-state index in [-0.39, 0.29) is 11.4 Å². The van der Waals surface area contributed by atoms with Crippen molar-refractivity contribution < 1.29 is 18.0 Å². The second-order valence-corrected chi connectivity index (χ2v) is 7.46. The summed E-state index contributed by atoms with van der Waals surface area (Å²) in [4.78, 5) is 23.9. The topological polar surface area (TPSA) is 118 Å². The molecule has 0 aliphatic heterocycles. The summed E-state index contributed by atoms with van der Waals surface area (Å²) in [5, 5.41) is 10.2. The molecule has 0 aromatic heterocycles. The van der Waals surface area contributed by atoms with Crippen LogP contribution in [0.2, 0.25) is 0 Å². The van der Waals surface area contributed by atoms with Gasteiger partial charge in [0.1, 0.15) is 0 Å². The summed E-state index contributed by atoms with van der Waals surface area (Å²) >= 11 is 0. The number of aryl methyl sites for hydroxylation is 1. The summed E-state index contributed by atoms with van der Waals surface area (Å²) in [7, 11) is -3.72. The van der Waals surface area contributed by atoms with Crippen molar-refractivity contribution in [2.75, 3.05) is 11.9 Å². The number of nitrogens with two attached hydrogens (primary N) is 1. The molecule has 0 fully saturated rings. The summed E-state index contributed by atoms with van der Waals surface area (Å²) in [6, 6.07) is 11.5. The Bertz CT molecular complexity index is 922. The highest BCUT2D eigenvalue weighted by Gasteiger charge is 2.14. The third-order valence-electron chi connectivity index (χ3n) is 4.01. The second kappa shape index (κ2) is 8.11. The van der Waals surface area contributed by atoms with Crippen LogP contribution in [-0.2, 0) is 26.0 Å². The van der Waals surface area contributed by atoms with Gasteiger partial charge in [-0.2, -0.15) is 0 Å². The zero-order valence-electron chi connectivity index (χ0n) is 14.6. The van der Waals surface area contributed by atoms with E-state index in [1.807, 2.05) is 19.9 Å². The van der Waals surface area contributed by atoms with E-state index < -0.39 is 21.8 Å². The maximum atomic E-state index is 12.0. The molecule has 0 heterocycles. The van der Waals surface area contributed by atoms with Crippen molar-refractivity contribution in [2.45, 2.75) is 25.2 Å². The van der Waals surface area contributed by atoms with Gasteiger partial charge in [-0.05, 0) is 55.2 Å². The van der Waals surface area contributed by atoms with Crippen molar-refractivity contribution in [1.29, 1.82) is 0 Å². The maximum Gasteiger partial charge on any atom is 0.313 e. The Morgan fingerprint density at radius 2 is 1.65 bits per heavy atom. The van der Waals surface area contributed by atoms with Crippen molar-refractivity contribution in [1.82, 2.24) is 5.32 Å². The van der Waals surface area contributed by atoms with Gasteiger partial charge in [0.05, 0.1) is 4.90 Å². The summed E-state index contributed by atoms with van der Waals surface area (Å²) in [5.41, 5.74) is 3.34. The number of nitrogens with one attached hydrogen (secondary N) is 2. The fourth-order valence-corrected chi connectivity index (χ4v) is 2.83. The molecule has 0 aliphatic carbocycles. The van der Waals surface area contributed by atoms with Crippen LogP contribution >= 0.6 is 0 Å². The standard InChI is InChI=1S/C18H21N3O4S/c1-12-4-3-5-16(13(12)2)21-18(23)17(22)20-11-10-14-6-8-15(9-7-14)26(19,24)25/h3-9H,10-11H2,1-2H3,(H,20,22)(H,21,23)(H2,19,24,25). The first-order valence-electron chi connectivity index (χ1n) is 7.95. The molecule has 2 aromatic carbocycles. The quantitative estimate of drug-likeness (QED) is 0.682. The normalized spacial score (nSPS) is 11.0. The zero-order chi connectivity index (χ0) is 19.3. The summed E-state index contributed by atoms with van der Waals surface area (Å²) in [6.07, 6.45) is 0.452. The lowest BCUT2D eigenvalue weighted by Gasteiger charge is -2.10. The van der Waals surface area contributed by atoms with Gasteiger partial charge < -0.3 is 10.6 Å².